The molecule has 108 valence electrons. The van der Waals surface area contributed by atoms with Gasteiger partial charge in [0.25, 0.3) is 0 Å². The summed E-state index contributed by atoms with van der Waals surface area (Å²) in [6, 6.07) is 3.96. The molecule has 0 saturated heterocycles. The number of halogens is 1. The van der Waals surface area contributed by atoms with Gasteiger partial charge in [-0.1, -0.05) is 18.5 Å². The number of nitrogens with zero attached hydrogens (tertiary/aromatic N) is 3. The normalized spacial score (nSPS) is 10.8. The molecule has 2 heterocycles. The van der Waals surface area contributed by atoms with Crippen LogP contribution in [0.2, 0.25) is 4.34 Å². The Bertz CT molecular complexity index is 570. The van der Waals surface area contributed by atoms with Gasteiger partial charge in [0.05, 0.1) is 10.9 Å². The van der Waals surface area contributed by atoms with E-state index in [2.05, 4.69) is 22.2 Å². The lowest BCUT2D eigenvalue weighted by Crippen LogP contribution is -2.20. The molecule has 4 nitrogen and oxygen atoms in total. The molecule has 0 aliphatic heterocycles. The monoisotopic (exact) mass is 310 g/mol. The lowest BCUT2D eigenvalue weighted by molar-refractivity contribution is 0.714. The van der Waals surface area contributed by atoms with Gasteiger partial charge in [-0.2, -0.15) is 0 Å². The molecule has 0 bridgehead atoms. The van der Waals surface area contributed by atoms with Crippen molar-refractivity contribution in [2.45, 2.75) is 26.9 Å². The minimum Gasteiger partial charge on any atom is -0.339 e. The Morgan fingerprint density at radius 2 is 2.20 bits per heavy atom. The van der Waals surface area contributed by atoms with Crippen LogP contribution in [-0.4, -0.2) is 23.6 Å². The quantitative estimate of drug-likeness (QED) is 0.889. The van der Waals surface area contributed by atoms with E-state index in [9.17, 15) is 0 Å². The molecule has 20 heavy (non-hydrogen) atoms. The second kappa shape index (κ2) is 7.02. The van der Waals surface area contributed by atoms with E-state index in [1.165, 1.54) is 4.88 Å². The molecule has 1 N–H and O–H groups in total. The largest absolute Gasteiger partial charge is 0.339 e. The van der Waals surface area contributed by atoms with Gasteiger partial charge >= 0.3 is 0 Å². The molecule has 2 aromatic heterocycles. The van der Waals surface area contributed by atoms with Gasteiger partial charge in [0.15, 0.2) is 0 Å². The lowest BCUT2D eigenvalue weighted by Gasteiger charge is -2.17. The Kier molecular flexibility index (Phi) is 5.34. The molecular weight excluding hydrogens is 292 g/mol. The van der Waals surface area contributed by atoms with Crippen molar-refractivity contribution in [3.8, 4) is 0 Å². The molecule has 0 fully saturated rings. The minimum absolute atomic E-state index is 0.743. The number of hydrogen-bond acceptors (Lipinski definition) is 5. The maximum Gasteiger partial charge on any atom is 0.225 e. The summed E-state index contributed by atoms with van der Waals surface area (Å²) in [5, 5.41) is 3.29. The first-order chi connectivity index (χ1) is 9.60. The predicted molar refractivity (Wildman–Crippen MR) is 85.6 cm³/mol. The summed E-state index contributed by atoms with van der Waals surface area (Å²) in [4.78, 5) is 12.3. The van der Waals surface area contributed by atoms with E-state index >= 15 is 0 Å². The second-order valence-electron chi connectivity index (χ2n) is 4.62. The predicted octanol–water partition coefficient (Wildman–Crippen LogP) is 3.25. The molecule has 0 spiro atoms. The van der Waals surface area contributed by atoms with Crippen LogP contribution in [0.15, 0.2) is 18.3 Å². The van der Waals surface area contributed by atoms with E-state index in [0.29, 0.717) is 0 Å². The molecule has 0 atom stereocenters. The smallest absolute Gasteiger partial charge is 0.225 e. The molecule has 0 amide bonds. The minimum atomic E-state index is 0.743. The van der Waals surface area contributed by atoms with Crippen LogP contribution in [0.5, 0.6) is 0 Å². The summed E-state index contributed by atoms with van der Waals surface area (Å²) in [6.45, 7) is 6.63. The average molecular weight is 311 g/mol. The Labute approximate surface area is 128 Å². The highest BCUT2D eigenvalue weighted by molar-refractivity contribution is 7.16. The van der Waals surface area contributed by atoms with Crippen molar-refractivity contribution in [2.24, 2.45) is 0 Å². The maximum atomic E-state index is 5.95. The zero-order chi connectivity index (χ0) is 14.5. The Morgan fingerprint density at radius 3 is 2.80 bits per heavy atom. The van der Waals surface area contributed by atoms with Gasteiger partial charge in [0.1, 0.15) is 0 Å². The highest BCUT2D eigenvalue weighted by atomic mass is 35.5. The summed E-state index contributed by atoms with van der Waals surface area (Å²) in [5.74, 6) is 0.743. The fraction of sp³-hybridized carbons (Fsp3) is 0.429. The molecular formula is C14H19ClN4S. The summed E-state index contributed by atoms with van der Waals surface area (Å²) in [5.41, 5.74) is 2.16. The van der Waals surface area contributed by atoms with E-state index in [1.54, 1.807) is 11.3 Å². The topological polar surface area (TPSA) is 41.1 Å². The van der Waals surface area contributed by atoms with Crippen molar-refractivity contribution in [1.29, 1.82) is 0 Å². The number of nitrogens with one attached hydrogen (secondary N) is 1. The molecule has 0 aliphatic carbocycles. The average Bonchev–Trinajstić information content (AvgIpc) is 2.82. The molecule has 0 unspecified atom stereocenters. The SMILES string of the molecule is CCNCc1cnc(N(C)Cc2ccc(Cl)s2)nc1C. The summed E-state index contributed by atoms with van der Waals surface area (Å²) >= 11 is 7.53. The molecule has 2 rings (SSSR count). The summed E-state index contributed by atoms with van der Waals surface area (Å²) in [7, 11) is 1.99. The van der Waals surface area contributed by atoms with Gasteiger partial charge in [-0.3, -0.25) is 0 Å². The highest BCUT2D eigenvalue weighted by Crippen LogP contribution is 2.23. The van der Waals surface area contributed by atoms with Crippen molar-refractivity contribution in [3.63, 3.8) is 0 Å². The first-order valence-corrected chi connectivity index (χ1v) is 7.78. The van der Waals surface area contributed by atoms with Crippen LogP contribution in [0.4, 0.5) is 5.95 Å². The first-order valence-electron chi connectivity index (χ1n) is 6.58. The molecule has 0 radical (unpaired) electrons. The van der Waals surface area contributed by atoms with Gasteiger partial charge in [-0.15, -0.1) is 11.3 Å². The number of aromatic nitrogens is 2. The molecule has 0 aromatic carbocycles. The van der Waals surface area contributed by atoms with Crippen LogP contribution in [-0.2, 0) is 13.1 Å². The van der Waals surface area contributed by atoms with Crippen LogP contribution >= 0.6 is 22.9 Å². The van der Waals surface area contributed by atoms with Gasteiger partial charge in [-0.05, 0) is 25.6 Å². The first kappa shape index (κ1) is 15.2. The third-order valence-electron chi connectivity index (χ3n) is 3.00. The van der Waals surface area contributed by atoms with Crippen LogP contribution in [0.3, 0.4) is 0 Å². The molecule has 0 saturated carbocycles. The summed E-state index contributed by atoms with van der Waals surface area (Å²) in [6.07, 6.45) is 1.90. The van der Waals surface area contributed by atoms with Gasteiger partial charge in [-0.25, -0.2) is 9.97 Å². The third kappa shape index (κ3) is 3.91. The van der Waals surface area contributed by atoms with Crippen molar-refractivity contribution in [1.82, 2.24) is 15.3 Å². The Morgan fingerprint density at radius 1 is 1.40 bits per heavy atom. The second-order valence-corrected chi connectivity index (χ2v) is 6.42. The van der Waals surface area contributed by atoms with Gasteiger partial charge in [0.2, 0.25) is 5.95 Å². The van der Waals surface area contributed by atoms with E-state index in [-0.39, 0.29) is 0 Å². The zero-order valence-corrected chi connectivity index (χ0v) is 13.6. The zero-order valence-electron chi connectivity index (χ0n) is 12.0. The van der Waals surface area contributed by atoms with E-state index in [4.69, 9.17) is 11.6 Å². The number of thiophene rings is 1. The van der Waals surface area contributed by atoms with Crippen molar-refractivity contribution in [2.75, 3.05) is 18.5 Å². The third-order valence-corrected chi connectivity index (χ3v) is 4.21. The van der Waals surface area contributed by atoms with Gasteiger partial charge < -0.3 is 10.2 Å². The fourth-order valence-corrected chi connectivity index (χ4v) is 2.98. The number of rotatable bonds is 6. The van der Waals surface area contributed by atoms with Gasteiger partial charge in [0, 0.05) is 35.9 Å². The Hall–Kier alpha value is -1.17. The van der Waals surface area contributed by atoms with Crippen molar-refractivity contribution in [3.05, 3.63) is 38.8 Å². The number of anilines is 1. The Balaban J connectivity index is 2.06. The van der Waals surface area contributed by atoms with Crippen LogP contribution in [0.1, 0.15) is 23.1 Å². The van der Waals surface area contributed by atoms with Crippen molar-refractivity contribution >= 4 is 28.9 Å². The van der Waals surface area contributed by atoms with E-state index < -0.39 is 0 Å². The highest BCUT2D eigenvalue weighted by Gasteiger charge is 2.09. The van der Waals surface area contributed by atoms with Crippen LogP contribution < -0.4 is 10.2 Å². The van der Waals surface area contributed by atoms with Crippen molar-refractivity contribution < 1.29 is 0 Å². The molecule has 0 aliphatic rings. The maximum absolute atomic E-state index is 5.95. The van der Waals surface area contributed by atoms with E-state index in [1.807, 2.05) is 37.2 Å². The van der Waals surface area contributed by atoms with Crippen LogP contribution in [0, 0.1) is 6.92 Å². The summed E-state index contributed by atoms with van der Waals surface area (Å²) < 4.78 is 0.812. The standard InChI is InChI=1S/C14H19ClN4S/c1-4-16-7-11-8-17-14(18-10(11)2)19(3)9-12-5-6-13(15)20-12/h5-6,8,16H,4,7,9H2,1-3H3. The van der Waals surface area contributed by atoms with E-state index in [0.717, 1.165) is 41.2 Å². The number of hydrogen-bond donors (Lipinski definition) is 1. The molecule has 6 heteroatoms. The van der Waals surface area contributed by atoms with Crippen LogP contribution in [0.25, 0.3) is 0 Å². The number of aryl methyl sites for hydroxylation is 1. The lowest BCUT2D eigenvalue weighted by atomic mass is 10.2. The molecule has 2 aromatic rings. The fourth-order valence-electron chi connectivity index (χ4n) is 1.84.